The Morgan fingerprint density at radius 3 is 2.81 bits per heavy atom. The largest absolute Gasteiger partial charge is 0.371 e. The molecule has 1 aromatic heterocycles. The van der Waals surface area contributed by atoms with Crippen molar-refractivity contribution >= 4 is 28.1 Å². The number of hydrogen-bond donors (Lipinski definition) is 0. The highest BCUT2D eigenvalue weighted by molar-refractivity contribution is 9.10. The van der Waals surface area contributed by atoms with E-state index in [4.69, 9.17) is 17.0 Å². The highest BCUT2D eigenvalue weighted by Gasteiger charge is 2.22. The van der Waals surface area contributed by atoms with E-state index in [0.717, 1.165) is 28.9 Å². The van der Waals surface area contributed by atoms with Gasteiger partial charge in [-0.25, -0.2) is 4.68 Å². The van der Waals surface area contributed by atoms with E-state index in [0.29, 0.717) is 6.67 Å². The number of ether oxygens (including phenoxy) is 1. The summed E-state index contributed by atoms with van der Waals surface area (Å²) in [6.45, 7) is 3.17. The van der Waals surface area contributed by atoms with Crippen molar-refractivity contribution in [2.24, 2.45) is 7.05 Å². The van der Waals surface area contributed by atoms with Gasteiger partial charge in [-0.3, -0.25) is 4.90 Å². The zero-order valence-electron chi connectivity index (χ0n) is 11.8. The molecule has 7 heteroatoms. The van der Waals surface area contributed by atoms with Gasteiger partial charge < -0.3 is 9.30 Å². The third kappa shape index (κ3) is 3.42. The number of nitrogens with zero attached hydrogens (tertiary/aromatic N) is 4. The summed E-state index contributed by atoms with van der Waals surface area (Å²) in [6.07, 6.45) is 1.85. The minimum atomic E-state index is 0.102. The second kappa shape index (κ2) is 6.39. The van der Waals surface area contributed by atoms with E-state index >= 15 is 0 Å². The van der Waals surface area contributed by atoms with Gasteiger partial charge in [0.05, 0.1) is 19.4 Å². The molecule has 3 rings (SSSR count). The van der Waals surface area contributed by atoms with Crippen molar-refractivity contribution in [3.63, 3.8) is 0 Å². The quantitative estimate of drug-likeness (QED) is 0.780. The smallest absolute Gasteiger partial charge is 0.198 e. The maximum absolute atomic E-state index is 5.89. The average Bonchev–Trinajstić information content (AvgIpc) is 2.80. The van der Waals surface area contributed by atoms with Crippen LogP contribution in [0.4, 0.5) is 0 Å². The third-order valence-corrected chi connectivity index (χ3v) is 4.64. The molecule has 2 aromatic rings. The molecule has 1 aliphatic heterocycles. The Morgan fingerprint density at radius 2 is 2.14 bits per heavy atom. The van der Waals surface area contributed by atoms with Crippen molar-refractivity contribution < 1.29 is 4.74 Å². The maximum Gasteiger partial charge on any atom is 0.198 e. The number of benzene rings is 1. The SMILES string of the molecule is Cn1cnn(CN2CCO[C@H](c3ccc(Br)cc3)C2)c1=S. The first-order valence-electron chi connectivity index (χ1n) is 6.81. The number of halogens is 1. The van der Waals surface area contributed by atoms with Crippen molar-refractivity contribution in [1.82, 2.24) is 19.2 Å². The van der Waals surface area contributed by atoms with Gasteiger partial charge in [-0.05, 0) is 29.9 Å². The van der Waals surface area contributed by atoms with Crippen molar-refractivity contribution in [3.8, 4) is 0 Å². The number of morpholine rings is 1. The Kier molecular flexibility index (Phi) is 4.54. The van der Waals surface area contributed by atoms with Gasteiger partial charge in [-0.2, -0.15) is 5.10 Å². The summed E-state index contributed by atoms with van der Waals surface area (Å²) in [5.74, 6) is 0. The molecule has 1 atom stereocenters. The van der Waals surface area contributed by atoms with E-state index in [1.807, 2.05) is 28.4 Å². The van der Waals surface area contributed by atoms with Crippen molar-refractivity contribution in [2.75, 3.05) is 19.7 Å². The fourth-order valence-electron chi connectivity index (χ4n) is 2.42. The summed E-state index contributed by atoms with van der Waals surface area (Å²) in [5, 5.41) is 4.31. The molecule has 0 amide bonds. The Labute approximate surface area is 137 Å². The molecule has 21 heavy (non-hydrogen) atoms. The lowest BCUT2D eigenvalue weighted by atomic mass is 10.1. The zero-order chi connectivity index (χ0) is 14.8. The van der Waals surface area contributed by atoms with Gasteiger partial charge in [-0.1, -0.05) is 28.1 Å². The molecule has 5 nitrogen and oxygen atoms in total. The van der Waals surface area contributed by atoms with Crippen LogP contribution < -0.4 is 0 Å². The van der Waals surface area contributed by atoms with E-state index in [-0.39, 0.29) is 6.10 Å². The predicted octanol–water partition coefficient (Wildman–Crippen LogP) is 2.74. The minimum Gasteiger partial charge on any atom is -0.371 e. The lowest BCUT2D eigenvalue weighted by Gasteiger charge is -2.32. The molecule has 1 saturated heterocycles. The van der Waals surface area contributed by atoms with E-state index < -0.39 is 0 Å². The number of aromatic nitrogens is 3. The van der Waals surface area contributed by atoms with Crippen molar-refractivity contribution in [2.45, 2.75) is 12.8 Å². The summed E-state index contributed by atoms with van der Waals surface area (Å²) in [7, 11) is 1.91. The fourth-order valence-corrected chi connectivity index (χ4v) is 2.83. The van der Waals surface area contributed by atoms with E-state index in [2.05, 4.69) is 38.1 Å². The second-order valence-corrected chi connectivity index (χ2v) is 6.43. The molecule has 0 saturated carbocycles. The lowest BCUT2D eigenvalue weighted by Crippen LogP contribution is -2.39. The van der Waals surface area contributed by atoms with Gasteiger partial charge in [-0.15, -0.1) is 0 Å². The first kappa shape index (κ1) is 14.9. The van der Waals surface area contributed by atoms with E-state index in [1.165, 1.54) is 5.56 Å². The van der Waals surface area contributed by atoms with E-state index in [1.54, 1.807) is 6.33 Å². The zero-order valence-corrected chi connectivity index (χ0v) is 14.2. The fraction of sp³-hybridized carbons (Fsp3) is 0.429. The van der Waals surface area contributed by atoms with Crippen LogP contribution in [0.5, 0.6) is 0 Å². The Bertz CT molecular complexity index is 666. The Balaban J connectivity index is 1.69. The standard InChI is InChI=1S/C14H17BrN4OS/c1-17-9-16-19(14(17)21)10-18-6-7-20-13(8-18)11-2-4-12(15)5-3-11/h2-5,9,13H,6-8,10H2,1H3/t13-/m0/s1. The van der Waals surface area contributed by atoms with Gasteiger partial charge in [0.2, 0.25) is 0 Å². The van der Waals surface area contributed by atoms with Gasteiger partial charge in [0.1, 0.15) is 6.33 Å². The Morgan fingerprint density at radius 1 is 1.38 bits per heavy atom. The first-order valence-corrected chi connectivity index (χ1v) is 8.01. The molecular formula is C14H17BrN4OS. The molecule has 0 unspecified atom stereocenters. The molecule has 2 heterocycles. The number of rotatable bonds is 3. The highest BCUT2D eigenvalue weighted by Crippen LogP contribution is 2.24. The first-order chi connectivity index (χ1) is 10.1. The van der Waals surface area contributed by atoms with Crippen LogP contribution in [-0.2, 0) is 18.5 Å². The predicted molar refractivity (Wildman–Crippen MR) is 86.4 cm³/mol. The lowest BCUT2D eigenvalue weighted by molar-refractivity contribution is -0.0419. The maximum atomic E-state index is 5.89. The molecule has 0 radical (unpaired) electrons. The van der Waals surface area contributed by atoms with E-state index in [9.17, 15) is 0 Å². The monoisotopic (exact) mass is 368 g/mol. The summed E-state index contributed by atoms with van der Waals surface area (Å²) in [5.41, 5.74) is 1.20. The summed E-state index contributed by atoms with van der Waals surface area (Å²) in [6, 6.07) is 8.30. The van der Waals surface area contributed by atoms with Gasteiger partial charge >= 0.3 is 0 Å². The molecule has 0 aliphatic carbocycles. The van der Waals surface area contributed by atoms with Gasteiger partial charge in [0.25, 0.3) is 0 Å². The van der Waals surface area contributed by atoms with Crippen molar-refractivity contribution in [3.05, 3.63) is 45.4 Å². The van der Waals surface area contributed by atoms with Gasteiger partial charge in [0.15, 0.2) is 4.77 Å². The number of aryl methyl sites for hydroxylation is 1. The molecule has 0 N–H and O–H groups in total. The van der Waals surface area contributed by atoms with Crippen LogP contribution >= 0.6 is 28.1 Å². The van der Waals surface area contributed by atoms with Crippen LogP contribution in [0.2, 0.25) is 0 Å². The van der Waals surface area contributed by atoms with Crippen LogP contribution in [0, 0.1) is 4.77 Å². The van der Waals surface area contributed by atoms with Crippen LogP contribution in [0.25, 0.3) is 0 Å². The topological polar surface area (TPSA) is 35.2 Å². The minimum absolute atomic E-state index is 0.102. The van der Waals surface area contributed by atoms with Crippen LogP contribution in [0.3, 0.4) is 0 Å². The molecular weight excluding hydrogens is 352 g/mol. The molecule has 0 bridgehead atoms. The molecule has 1 aromatic carbocycles. The summed E-state index contributed by atoms with van der Waals surface area (Å²) >= 11 is 8.79. The van der Waals surface area contributed by atoms with Crippen LogP contribution in [0.15, 0.2) is 35.1 Å². The highest BCUT2D eigenvalue weighted by atomic mass is 79.9. The van der Waals surface area contributed by atoms with Crippen molar-refractivity contribution in [1.29, 1.82) is 0 Å². The Hall–Kier alpha value is -1.02. The molecule has 1 fully saturated rings. The third-order valence-electron chi connectivity index (χ3n) is 3.61. The summed E-state index contributed by atoms with van der Waals surface area (Å²) < 4.78 is 11.4. The second-order valence-electron chi connectivity index (χ2n) is 5.15. The van der Waals surface area contributed by atoms with Gasteiger partial charge in [0, 0.05) is 24.6 Å². The average molecular weight is 369 g/mol. The molecule has 0 spiro atoms. The van der Waals surface area contributed by atoms with Crippen LogP contribution in [0.1, 0.15) is 11.7 Å². The van der Waals surface area contributed by atoms with Crippen LogP contribution in [-0.4, -0.2) is 38.9 Å². The number of hydrogen-bond acceptors (Lipinski definition) is 4. The summed E-state index contributed by atoms with van der Waals surface area (Å²) in [4.78, 5) is 2.32. The molecule has 112 valence electrons. The molecule has 1 aliphatic rings. The normalized spacial score (nSPS) is 19.8.